The summed E-state index contributed by atoms with van der Waals surface area (Å²) in [4.78, 5) is 46.6. The number of carboxylic acids is 4. The molecule has 10 heteroatoms. The van der Waals surface area contributed by atoms with Crippen molar-refractivity contribution in [2.45, 2.75) is 19.3 Å². The predicted molar refractivity (Wildman–Crippen MR) is 96.2 cm³/mol. The van der Waals surface area contributed by atoms with Crippen LogP contribution >= 0.6 is 0 Å². The number of phenols is 2. The van der Waals surface area contributed by atoms with E-state index in [4.69, 9.17) is 0 Å². The van der Waals surface area contributed by atoms with Crippen molar-refractivity contribution in [3.05, 3.63) is 57.6 Å². The summed E-state index contributed by atoms with van der Waals surface area (Å²) in [7, 11) is 0. The normalized spacial score (nSPS) is 11.1. The molecular weight excluding hydrogens is 388 g/mol. The zero-order valence-corrected chi connectivity index (χ0v) is 15.1. The number of hydrogen-bond donors (Lipinski definition) is 6. The second-order valence-corrected chi connectivity index (χ2v) is 6.61. The molecular formula is C19H16O10. The summed E-state index contributed by atoms with van der Waals surface area (Å²) >= 11 is 0. The minimum absolute atomic E-state index is 0.176. The van der Waals surface area contributed by atoms with Crippen molar-refractivity contribution >= 4 is 23.9 Å². The summed E-state index contributed by atoms with van der Waals surface area (Å²) < 4.78 is 0. The van der Waals surface area contributed by atoms with Crippen LogP contribution in [-0.4, -0.2) is 54.5 Å². The lowest BCUT2D eigenvalue weighted by molar-refractivity contribution is 0.0644. The Morgan fingerprint density at radius 1 is 0.586 bits per heavy atom. The molecule has 10 nitrogen and oxygen atoms in total. The van der Waals surface area contributed by atoms with Crippen LogP contribution in [0.3, 0.4) is 0 Å². The van der Waals surface area contributed by atoms with Crippen LogP contribution < -0.4 is 0 Å². The van der Waals surface area contributed by atoms with Gasteiger partial charge in [0.15, 0.2) is 0 Å². The molecule has 0 bridgehead atoms. The van der Waals surface area contributed by atoms with Crippen molar-refractivity contribution in [3.63, 3.8) is 0 Å². The summed E-state index contributed by atoms with van der Waals surface area (Å²) in [6.07, 6.45) is 0. The lowest BCUT2D eigenvalue weighted by Gasteiger charge is -2.30. The highest BCUT2D eigenvalue weighted by molar-refractivity contribution is 6.07. The van der Waals surface area contributed by atoms with Crippen molar-refractivity contribution in [3.8, 4) is 11.5 Å². The SMILES string of the molecule is CC(C)(c1ccc(O)c(C(=O)O)c1C(=O)O)c1ccc(O)c(C(=O)O)c1C(=O)O. The van der Waals surface area contributed by atoms with E-state index >= 15 is 0 Å². The maximum Gasteiger partial charge on any atom is 0.340 e. The maximum absolute atomic E-state index is 11.8. The van der Waals surface area contributed by atoms with Gasteiger partial charge in [0.2, 0.25) is 0 Å². The lowest BCUT2D eigenvalue weighted by Crippen LogP contribution is -2.28. The molecule has 0 amide bonds. The zero-order chi connectivity index (χ0) is 22.3. The molecule has 6 N–H and O–H groups in total. The van der Waals surface area contributed by atoms with Gasteiger partial charge >= 0.3 is 23.9 Å². The van der Waals surface area contributed by atoms with E-state index in [0.29, 0.717) is 0 Å². The molecule has 0 unspecified atom stereocenters. The van der Waals surface area contributed by atoms with Crippen LogP contribution in [-0.2, 0) is 5.41 Å². The molecule has 2 aromatic rings. The zero-order valence-electron chi connectivity index (χ0n) is 15.1. The third kappa shape index (κ3) is 3.43. The molecule has 0 aromatic heterocycles. The lowest BCUT2D eigenvalue weighted by atomic mass is 9.72. The van der Waals surface area contributed by atoms with Gasteiger partial charge in [-0.25, -0.2) is 19.2 Å². The van der Waals surface area contributed by atoms with E-state index in [-0.39, 0.29) is 11.1 Å². The van der Waals surface area contributed by atoms with Gasteiger partial charge in [-0.1, -0.05) is 26.0 Å². The van der Waals surface area contributed by atoms with Crippen LogP contribution in [0.15, 0.2) is 24.3 Å². The van der Waals surface area contributed by atoms with Gasteiger partial charge in [-0.05, 0) is 23.3 Å². The first-order valence-corrected chi connectivity index (χ1v) is 7.98. The fourth-order valence-corrected chi connectivity index (χ4v) is 3.25. The Labute approximate surface area is 162 Å². The molecule has 0 fully saturated rings. The first kappa shape index (κ1) is 21.2. The molecule has 0 aliphatic carbocycles. The van der Waals surface area contributed by atoms with Crippen molar-refractivity contribution < 1.29 is 49.8 Å². The van der Waals surface area contributed by atoms with Crippen LogP contribution in [0.4, 0.5) is 0 Å². The van der Waals surface area contributed by atoms with Gasteiger partial charge in [0, 0.05) is 5.41 Å². The number of hydrogen-bond acceptors (Lipinski definition) is 6. The second-order valence-electron chi connectivity index (χ2n) is 6.61. The fourth-order valence-electron chi connectivity index (χ4n) is 3.25. The van der Waals surface area contributed by atoms with E-state index in [9.17, 15) is 49.8 Å². The van der Waals surface area contributed by atoms with E-state index in [1.54, 1.807) is 0 Å². The van der Waals surface area contributed by atoms with Gasteiger partial charge in [0.05, 0.1) is 11.1 Å². The van der Waals surface area contributed by atoms with Gasteiger partial charge in [0.25, 0.3) is 0 Å². The van der Waals surface area contributed by atoms with Crippen LogP contribution in [0.1, 0.15) is 66.4 Å². The highest BCUT2D eigenvalue weighted by atomic mass is 16.4. The van der Waals surface area contributed by atoms with E-state index in [1.165, 1.54) is 13.8 Å². The van der Waals surface area contributed by atoms with Crippen molar-refractivity contribution in [2.24, 2.45) is 0 Å². The van der Waals surface area contributed by atoms with Crippen LogP contribution in [0, 0.1) is 0 Å². The Balaban J connectivity index is 2.99. The summed E-state index contributed by atoms with van der Waals surface area (Å²) in [5.41, 5.74) is -5.23. The molecule has 0 aliphatic heterocycles. The Morgan fingerprint density at radius 3 is 1.10 bits per heavy atom. The molecule has 0 saturated heterocycles. The summed E-state index contributed by atoms with van der Waals surface area (Å²) in [6, 6.07) is 4.13. The van der Waals surface area contributed by atoms with Crippen LogP contribution in [0.5, 0.6) is 11.5 Å². The number of benzene rings is 2. The largest absolute Gasteiger partial charge is 0.507 e. The van der Waals surface area contributed by atoms with Gasteiger partial charge in [-0.2, -0.15) is 0 Å². The monoisotopic (exact) mass is 404 g/mol. The summed E-state index contributed by atoms with van der Waals surface area (Å²) in [5.74, 6) is -8.40. The predicted octanol–water partition coefficient (Wildman–Crippen LogP) is 2.22. The third-order valence-corrected chi connectivity index (χ3v) is 4.57. The van der Waals surface area contributed by atoms with Gasteiger partial charge < -0.3 is 30.6 Å². The fraction of sp³-hybridized carbons (Fsp3) is 0.158. The van der Waals surface area contributed by atoms with E-state index < -0.39 is 63.0 Å². The summed E-state index contributed by atoms with van der Waals surface area (Å²) in [6.45, 7) is 2.73. The van der Waals surface area contributed by atoms with Gasteiger partial charge in [-0.3, -0.25) is 0 Å². The first-order valence-electron chi connectivity index (χ1n) is 7.98. The molecule has 0 heterocycles. The van der Waals surface area contributed by atoms with Crippen molar-refractivity contribution in [1.29, 1.82) is 0 Å². The van der Waals surface area contributed by atoms with Crippen LogP contribution in [0.25, 0.3) is 0 Å². The van der Waals surface area contributed by atoms with Crippen molar-refractivity contribution in [1.82, 2.24) is 0 Å². The minimum Gasteiger partial charge on any atom is -0.507 e. The quantitative estimate of drug-likeness (QED) is 0.416. The highest BCUT2D eigenvalue weighted by Crippen LogP contribution is 2.41. The average Bonchev–Trinajstić information content (AvgIpc) is 2.59. The molecule has 2 rings (SSSR count). The first-order chi connectivity index (χ1) is 13.3. The van der Waals surface area contributed by atoms with Crippen LogP contribution in [0.2, 0.25) is 0 Å². The number of aromatic hydroxyl groups is 2. The number of carbonyl (C=O) groups is 4. The third-order valence-electron chi connectivity index (χ3n) is 4.57. The molecule has 0 radical (unpaired) electrons. The molecule has 29 heavy (non-hydrogen) atoms. The van der Waals surface area contributed by atoms with E-state index in [1.807, 2.05) is 0 Å². The van der Waals surface area contributed by atoms with Gasteiger partial charge in [0.1, 0.15) is 22.6 Å². The number of carboxylic acid groups (broad SMARTS) is 4. The van der Waals surface area contributed by atoms with E-state index in [0.717, 1.165) is 24.3 Å². The van der Waals surface area contributed by atoms with E-state index in [2.05, 4.69) is 0 Å². The second kappa shape index (κ2) is 7.15. The van der Waals surface area contributed by atoms with Gasteiger partial charge in [-0.15, -0.1) is 0 Å². The van der Waals surface area contributed by atoms with Crippen molar-refractivity contribution in [2.75, 3.05) is 0 Å². The summed E-state index contributed by atoms with van der Waals surface area (Å²) in [5, 5.41) is 57.4. The molecule has 152 valence electrons. The molecule has 0 aliphatic rings. The highest BCUT2D eigenvalue weighted by Gasteiger charge is 2.37. The molecule has 2 aromatic carbocycles. The minimum atomic E-state index is -1.71. The average molecular weight is 404 g/mol. The smallest absolute Gasteiger partial charge is 0.340 e. The molecule has 0 atom stereocenters. The maximum atomic E-state index is 11.8. The Hall–Kier alpha value is -4.08. The Kier molecular flexibility index (Phi) is 5.23. The molecule has 0 spiro atoms. The molecule has 0 saturated carbocycles. The number of rotatable bonds is 6. The number of aromatic carboxylic acids is 4. The Bertz CT molecular complexity index is 982. The Morgan fingerprint density at radius 2 is 0.862 bits per heavy atom. The standard InChI is InChI=1S/C19H16O10/c1-19(2,7-3-5-9(20)13(17(26)27)11(7)15(22)23)8-4-6-10(21)14(18(28)29)12(8)16(24)25/h3-6,20-21H,1-2H3,(H,22,23)(H,24,25)(H,26,27)(H,28,29). The topological polar surface area (TPSA) is 190 Å².